The molecule has 0 bridgehead atoms. The zero-order chi connectivity index (χ0) is 15.2. The number of carbonyl (C=O) groups excluding carboxylic acids is 2. The fraction of sp³-hybridized carbons (Fsp3) is 0.467. The van der Waals surface area contributed by atoms with Crippen LogP contribution in [0, 0.1) is 5.92 Å². The van der Waals surface area contributed by atoms with Crippen molar-refractivity contribution in [1.29, 1.82) is 0 Å². The Morgan fingerprint density at radius 2 is 2.19 bits per heavy atom. The van der Waals surface area contributed by atoms with Gasteiger partial charge in [-0.3, -0.25) is 14.5 Å². The highest BCUT2D eigenvalue weighted by Crippen LogP contribution is 2.21. The first kappa shape index (κ1) is 16.0. The van der Waals surface area contributed by atoms with Crippen molar-refractivity contribution >= 4 is 33.5 Å². The molecule has 1 aromatic rings. The molecule has 5 nitrogen and oxygen atoms in total. The third kappa shape index (κ3) is 4.54. The zero-order valence-electron chi connectivity index (χ0n) is 12.0. The van der Waals surface area contributed by atoms with Gasteiger partial charge in [-0.2, -0.15) is 0 Å². The Balaban J connectivity index is 1.88. The van der Waals surface area contributed by atoms with E-state index in [0.29, 0.717) is 6.54 Å². The number of piperidine rings is 1. The van der Waals surface area contributed by atoms with Crippen LogP contribution in [0.1, 0.15) is 12.8 Å². The largest absolute Gasteiger partial charge is 0.469 e. The zero-order valence-corrected chi connectivity index (χ0v) is 13.6. The minimum absolute atomic E-state index is 0.0765. The number of methoxy groups -OCH3 is 1. The molecule has 1 N–H and O–H groups in total. The van der Waals surface area contributed by atoms with Crippen LogP contribution < -0.4 is 5.32 Å². The number of carbonyl (C=O) groups is 2. The molecule has 1 atom stereocenters. The van der Waals surface area contributed by atoms with E-state index in [9.17, 15) is 9.59 Å². The van der Waals surface area contributed by atoms with Crippen molar-refractivity contribution in [2.24, 2.45) is 5.92 Å². The van der Waals surface area contributed by atoms with Gasteiger partial charge in [0, 0.05) is 11.0 Å². The van der Waals surface area contributed by atoms with Gasteiger partial charge < -0.3 is 10.1 Å². The average Bonchev–Trinajstić information content (AvgIpc) is 2.49. The second-order valence-corrected chi connectivity index (χ2v) is 5.98. The molecule has 1 aromatic carbocycles. The molecule has 1 aliphatic heterocycles. The number of likely N-dealkylation sites (tertiary alicyclic amines) is 1. The first-order chi connectivity index (χ1) is 10.1. The third-order valence-corrected chi connectivity index (χ3v) is 4.25. The summed E-state index contributed by atoms with van der Waals surface area (Å²) in [6, 6.07) is 7.49. The molecule has 2 rings (SSSR count). The molecule has 114 valence electrons. The number of ether oxygens (including phenoxy) is 1. The van der Waals surface area contributed by atoms with Gasteiger partial charge in [-0.1, -0.05) is 12.1 Å². The Hall–Kier alpha value is -1.40. The number of rotatable bonds is 4. The first-order valence-corrected chi connectivity index (χ1v) is 7.74. The minimum Gasteiger partial charge on any atom is -0.469 e. The Morgan fingerprint density at radius 1 is 1.43 bits per heavy atom. The van der Waals surface area contributed by atoms with Gasteiger partial charge in [0.1, 0.15) is 0 Å². The molecule has 0 saturated carbocycles. The van der Waals surface area contributed by atoms with Crippen LogP contribution in [0.4, 0.5) is 5.69 Å². The van der Waals surface area contributed by atoms with Crippen LogP contribution >= 0.6 is 15.9 Å². The molecule has 21 heavy (non-hydrogen) atoms. The van der Waals surface area contributed by atoms with Crippen LogP contribution in [0.15, 0.2) is 28.7 Å². The summed E-state index contributed by atoms with van der Waals surface area (Å²) < 4.78 is 5.63. The number of halogens is 1. The second-order valence-electron chi connectivity index (χ2n) is 5.13. The minimum atomic E-state index is -0.189. The standard InChI is InChI=1S/C15H19BrN2O3/c1-21-15(20)11-5-4-8-18(9-11)10-14(19)17-13-7-3-2-6-12(13)16/h2-3,6-7,11H,4-5,8-10H2,1H3,(H,17,19)/t11-/m0/s1. The Morgan fingerprint density at radius 3 is 2.90 bits per heavy atom. The van der Waals surface area contributed by atoms with E-state index in [2.05, 4.69) is 21.2 Å². The van der Waals surface area contributed by atoms with E-state index in [4.69, 9.17) is 4.74 Å². The van der Waals surface area contributed by atoms with E-state index >= 15 is 0 Å². The molecular formula is C15H19BrN2O3. The van der Waals surface area contributed by atoms with Crippen LogP contribution in [0.5, 0.6) is 0 Å². The van der Waals surface area contributed by atoms with E-state index in [1.165, 1.54) is 7.11 Å². The molecule has 0 radical (unpaired) electrons. The Kier molecular flexibility index (Phi) is 5.76. The van der Waals surface area contributed by atoms with Gasteiger partial charge in [0.2, 0.25) is 5.91 Å². The highest BCUT2D eigenvalue weighted by molar-refractivity contribution is 9.10. The SMILES string of the molecule is COC(=O)[C@H]1CCCN(CC(=O)Nc2ccccc2Br)C1. The van der Waals surface area contributed by atoms with Gasteiger partial charge in [0.25, 0.3) is 0 Å². The molecular weight excluding hydrogens is 336 g/mol. The van der Waals surface area contributed by atoms with Gasteiger partial charge in [0.15, 0.2) is 0 Å². The normalized spacial score (nSPS) is 19.0. The maximum Gasteiger partial charge on any atom is 0.309 e. The average molecular weight is 355 g/mol. The summed E-state index contributed by atoms with van der Waals surface area (Å²) >= 11 is 3.40. The highest BCUT2D eigenvalue weighted by atomic mass is 79.9. The number of nitrogens with one attached hydrogen (secondary N) is 1. The summed E-state index contributed by atoms with van der Waals surface area (Å²) in [5.74, 6) is -0.390. The lowest BCUT2D eigenvalue weighted by Crippen LogP contribution is -2.42. The summed E-state index contributed by atoms with van der Waals surface area (Å²) in [6.07, 6.45) is 1.73. The van der Waals surface area contributed by atoms with E-state index in [1.807, 2.05) is 29.2 Å². The molecule has 0 aliphatic carbocycles. The van der Waals surface area contributed by atoms with E-state index in [-0.39, 0.29) is 24.3 Å². The number of anilines is 1. The number of hydrogen-bond donors (Lipinski definition) is 1. The summed E-state index contributed by atoms with van der Waals surface area (Å²) in [4.78, 5) is 25.7. The van der Waals surface area contributed by atoms with E-state index in [0.717, 1.165) is 29.5 Å². The van der Waals surface area contributed by atoms with Crippen molar-refractivity contribution in [2.45, 2.75) is 12.8 Å². The fourth-order valence-corrected chi connectivity index (χ4v) is 2.90. The van der Waals surface area contributed by atoms with Crippen LogP contribution in [0.2, 0.25) is 0 Å². The molecule has 1 fully saturated rings. The molecule has 1 heterocycles. The Bertz CT molecular complexity index is 521. The van der Waals surface area contributed by atoms with Gasteiger partial charge in [-0.05, 0) is 47.4 Å². The number of nitrogens with zero attached hydrogens (tertiary/aromatic N) is 1. The quantitative estimate of drug-likeness (QED) is 0.842. The van der Waals surface area contributed by atoms with Gasteiger partial charge >= 0.3 is 5.97 Å². The fourth-order valence-electron chi connectivity index (χ4n) is 2.51. The van der Waals surface area contributed by atoms with Gasteiger partial charge in [-0.15, -0.1) is 0 Å². The second kappa shape index (κ2) is 7.56. The monoisotopic (exact) mass is 354 g/mol. The summed E-state index contributed by atoms with van der Waals surface area (Å²) in [6.45, 7) is 1.70. The van der Waals surface area contributed by atoms with E-state index in [1.54, 1.807) is 0 Å². The molecule has 1 amide bonds. The third-order valence-electron chi connectivity index (χ3n) is 3.56. The number of amides is 1. The predicted molar refractivity (Wildman–Crippen MR) is 84.0 cm³/mol. The predicted octanol–water partition coefficient (Wildman–Crippen LogP) is 2.27. The number of para-hydroxylation sites is 1. The molecule has 1 aliphatic rings. The Labute approximate surface area is 132 Å². The first-order valence-electron chi connectivity index (χ1n) is 6.94. The lowest BCUT2D eigenvalue weighted by molar-refractivity contribution is -0.147. The van der Waals surface area contributed by atoms with Crippen molar-refractivity contribution < 1.29 is 14.3 Å². The molecule has 6 heteroatoms. The highest BCUT2D eigenvalue weighted by Gasteiger charge is 2.27. The summed E-state index contributed by atoms with van der Waals surface area (Å²) in [7, 11) is 1.40. The maximum absolute atomic E-state index is 12.1. The van der Waals surface area contributed by atoms with Crippen LogP contribution in [0.3, 0.4) is 0 Å². The lowest BCUT2D eigenvalue weighted by Gasteiger charge is -2.30. The molecule has 1 saturated heterocycles. The molecule has 0 spiro atoms. The summed E-state index contributed by atoms with van der Waals surface area (Å²) in [5, 5.41) is 2.87. The molecule has 0 aromatic heterocycles. The van der Waals surface area contributed by atoms with Crippen molar-refractivity contribution in [1.82, 2.24) is 4.90 Å². The van der Waals surface area contributed by atoms with Crippen LogP contribution in [-0.2, 0) is 14.3 Å². The van der Waals surface area contributed by atoms with Gasteiger partial charge in [-0.25, -0.2) is 0 Å². The van der Waals surface area contributed by atoms with Gasteiger partial charge in [0.05, 0.1) is 25.3 Å². The maximum atomic E-state index is 12.1. The van der Waals surface area contributed by atoms with Crippen LogP contribution in [-0.4, -0.2) is 43.5 Å². The topological polar surface area (TPSA) is 58.6 Å². The van der Waals surface area contributed by atoms with Crippen molar-refractivity contribution in [3.8, 4) is 0 Å². The number of hydrogen-bond acceptors (Lipinski definition) is 4. The number of esters is 1. The van der Waals surface area contributed by atoms with Crippen molar-refractivity contribution in [3.05, 3.63) is 28.7 Å². The van der Waals surface area contributed by atoms with Crippen molar-refractivity contribution in [2.75, 3.05) is 32.1 Å². The number of benzene rings is 1. The lowest BCUT2D eigenvalue weighted by atomic mass is 9.98. The van der Waals surface area contributed by atoms with Crippen molar-refractivity contribution in [3.63, 3.8) is 0 Å². The summed E-state index contributed by atoms with van der Waals surface area (Å²) in [5.41, 5.74) is 0.754. The van der Waals surface area contributed by atoms with Crippen LogP contribution in [0.25, 0.3) is 0 Å². The van der Waals surface area contributed by atoms with E-state index < -0.39 is 0 Å². The smallest absolute Gasteiger partial charge is 0.309 e. The molecule has 0 unspecified atom stereocenters.